The summed E-state index contributed by atoms with van der Waals surface area (Å²) in [6.45, 7) is 4.93. The van der Waals surface area contributed by atoms with Gasteiger partial charge in [0.1, 0.15) is 5.76 Å². The van der Waals surface area contributed by atoms with E-state index in [-0.39, 0.29) is 30.7 Å². The Morgan fingerprint density at radius 1 is 1.11 bits per heavy atom. The van der Waals surface area contributed by atoms with Crippen LogP contribution in [0.3, 0.4) is 0 Å². The molecule has 0 aliphatic rings. The molecule has 9 heteroatoms. The van der Waals surface area contributed by atoms with Crippen molar-refractivity contribution in [2.75, 3.05) is 20.3 Å². The van der Waals surface area contributed by atoms with Gasteiger partial charge in [-0.15, -0.1) is 0 Å². The molecule has 2 aromatic heterocycles. The van der Waals surface area contributed by atoms with Crippen molar-refractivity contribution in [2.24, 2.45) is 0 Å². The van der Waals surface area contributed by atoms with Crippen molar-refractivity contribution in [1.29, 1.82) is 0 Å². The molecule has 0 atom stereocenters. The average molecular weight is 378 g/mol. The fourth-order valence-electron chi connectivity index (χ4n) is 2.54. The van der Waals surface area contributed by atoms with Gasteiger partial charge in [-0.25, -0.2) is 4.79 Å². The molecule has 0 aliphatic heterocycles. The van der Waals surface area contributed by atoms with Crippen LogP contribution in [0.4, 0.5) is 0 Å². The Morgan fingerprint density at radius 3 is 2.48 bits per heavy atom. The van der Waals surface area contributed by atoms with Crippen LogP contribution in [0.15, 0.2) is 16.7 Å². The summed E-state index contributed by atoms with van der Waals surface area (Å²) in [5.74, 6) is -0.630. The predicted molar refractivity (Wildman–Crippen MR) is 92.6 cm³/mol. The molecule has 0 bridgehead atoms. The van der Waals surface area contributed by atoms with Crippen molar-refractivity contribution < 1.29 is 33.1 Å². The minimum Gasteiger partial charge on any atom is -0.469 e. The summed E-state index contributed by atoms with van der Waals surface area (Å²) >= 11 is 0. The first-order valence-electron chi connectivity index (χ1n) is 8.30. The van der Waals surface area contributed by atoms with Gasteiger partial charge in [0.25, 0.3) is 5.88 Å². The maximum atomic E-state index is 12.4. The molecule has 0 unspecified atom stereocenters. The van der Waals surface area contributed by atoms with Gasteiger partial charge < -0.3 is 23.3 Å². The highest BCUT2D eigenvalue weighted by Crippen LogP contribution is 2.17. The van der Waals surface area contributed by atoms with Crippen LogP contribution in [-0.4, -0.2) is 47.8 Å². The van der Waals surface area contributed by atoms with Gasteiger partial charge >= 0.3 is 11.9 Å². The molecule has 0 saturated heterocycles. The number of carbonyl (C=O) groups excluding carboxylic acids is 3. The number of esters is 2. The Kier molecular flexibility index (Phi) is 6.75. The number of ketones is 1. The topological polar surface area (TPSA) is 110 Å². The zero-order valence-corrected chi connectivity index (χ0v) is 15.7. The molecule has 0 amide bonds. The van der Waals surface area contributed by atoms with E-state index in [1.165, 1.54) is 13.2 Å². The Balaban J connectivity index is 1.87. The predicted octanol–water partition coefficient (Wildman–Crippen LogP) is 1.77. The van der Waals surface area contributed by atoms with Crippen LogP contribution in [0.5, 0.6) is 5.88 Å². The van der Waals surface area contributed by atoms with Gasteiger partial charge in [0, 0.05) is 29.6 Å². The van der Waals surface area contributed by atoms with Crippen LogP contribution in [-0.2, 0) is 25.6 Å². The minimum atomic E-state index is -0.691. The van der Waals surface area contributed by atoms with Crippen LogP contribution in [0.1, 0.15) is 33.9 Å². The monoisotopic (exact) mass is 378 g/mol. The third-order valence-electron chi connectivity index (χ3n) is 3.95. The Labute approximate surface area is 156 Å². The fraction of sp³-hybridized carbons (Fsp3) is 0.444. The quantitative estimate of drug-likeness (QED) is 0.480. The Morgan fingerprint density at radius 2 is 1.85 bits per heavy atom. The van der Waals surface area contributed by atoms with Gasteiger partial charge in [-0.05, 0) is 32.0 Å². The standard InChI is InChI=1S/C18H22N2O7/c1-11-7-14(13(3)20(11)6-5-17(22)24-4)15(21)9-26-18(23)10-25-16-8-12(2)27-19-16/h7-8H,5-6,9-10H2,1-4H3. The number of nitrogens with zero attached hydrogens (tertiary/aromatic N) is 2. The second-order valence-corrected chi connectivity index (χ2v) is 5.91. The number of hydrogen-bond donors (Lipinski definition) is 0. The second-order valence-electron chi connectivity index (χ2n) is 5.91. The first kappa shape index (κ1) is 20.2. The molecular weight excluding hydrogens is 356 g/mol. The SMILES string of the molecule is COC(=O)CCn1c(C)cc(C(=O)COC(=O)COc2cc(C)on2)c1C. The molecule has 146 valence electrons. The number of methoxy groups -OCH3 is 1. The van der Waals surface area contributed by atoms with Crippen molar-refractivity contribution in [3.05, 3.63) is 34.8 Å². The smallest absolute Gasteiger partial charge is 0.344 e. The molecular formula is C18H22N2O7. The van der Waals surface area contributed by atoms with Crippen molar-refractivity contribution in [2.45, 2.75) is 33.7 Å². The summed E-state index contributed by atoms with van der Waals surface area (Å²) < 4.78 is 21.3. The van der Waals surface area contributed by atoms with Crippen LogP contribution in [0, 0.1) is 20.8 Å². The number of rotatable bonds is 9. The van der Waals surface area contributed by atoms with Gasteiger partial charge in [-0.1, -0.05) is 0 Å². The highest BCUT2D eigenvalue weighted by atomic mass is 16.6. The van der Waals surface area contributed by atoms with Gasteiger partial charge in [-0.3, -0.25) is 9.59 Å². The fourth-order valence-corrected chi connectivity index (χ4v) is 2.54. The number of aromatic nitrogens is 2. The molecule has 9 nitrogen and oxygen atoms in total. The van der Waals surface area contributed by atoms with E-state index in [0.29, 0.717) is 23.6 Å². The summed E-state index contributed by atoms with van der Waals surface area (Å²) in [4.78, 5) is 35.4. The molecule has 2 rings (SSSR count). The number of ether oxygens (including phenoxy) is 3. The van der Waals surface area contributed by atoms with Gasteiger partial charge in [0.15, 0.2) is 13.2 Å². The number of carbonyl (C=O) groups is 3. The summed E-state index contributed by atoms with van der Waals surface area (Å²) in [7, 11) is 1.33. The molecule has 0 aliphatic carbocycles. The van der Waals surface area contributed by atoms with Crippen LogP contribution in [0.25, 0.3) is 0 Å². The highest BCUT2D eigenvalue weighted by Gasteiger charge is 2.18. The Hall–Kier alpha value is -3.10. The van der Waals surface area contributed by atoms with E-state index in [1.54, 1.807) is 19.9 Å². The molecule has 2 heterocycles. The number of hydrogen-bond acceptors (Lipinski definition) is 8. The van der Waals surface area contributed by atoms with Gasteiger partial charge in [-0.2, -0.15) is 0 Å². The third-order valence-corrected chi connectivity index (χ3v) is 3.95. The van der Waals surface area contributed by atoms with Crippen molar-refractivity contribution in [3.8, 4) is 5.88 Å². The van der Waals surface area contributed by atoms with Gasteiger partial charge in [0.2, 0.25) is 5.78 Å². The van der Waals surface area contributed by atoms with E-state index >= 15 is 0 Å². The second kappa shape index (κ2) is 9.02. The first-order valence-corrected chi connectivity index (χ1v) is 8.30. The zero-order valence-electron chi connectivity index (χ0n) is 15.7. The first-order chi connectivity index (χ1) is 12.8. The number of Topliss-reactive ketones (excluding diaryl/α,β-unsaturated/α-hetero) is 1. The molecule has 2 aromatic rings. The van der Waals surface area contributed by atoms with Crippen LogP contribution < -0.4 is 4.74 Å². The molecule has 0 fully saturated rings. The summed E-state index contributed by atoms with van der Waals surface area (Å²) in [5, 5.41) is 3.58. The Bertz CT molecular complexity index is 835. The summed E-state index contributed by atoms with van der Waals surface area (Å²) in [6, 6.07) is 3.24. The van der Waals surface area contributed by atoms with Gasteiger partial charge in [0.05, 0.1) is 13.5 Å². The van der Waals surface area contributed by atoms with Crippen molar-refractivity contribution in [3.63, 3.8) is 0 Å². The van der Waals surface area contributed by atoms with Crippen LogP contribution in [0.2, 0.25) is 0 Å². The summed E-state index contributed by atoms with van der Waals surface area (Å²) in [6.07, 6.45) is 0.203. The third kappa shape index (κ3) is 5.44. The largest absolute Gasteiger partial charge is 0.469 e. The average Bonchev–Trinajstić information content (AvgIpc) is 3.18. The lowest BCUT2D eigenvalue weighted by molar-refractivity contribution is -0.145. The van der Waals surface area contributed by atoms with Crippen molar-refractivity contribution in [1.82, 2.24) is 9.72 Å². The minimum absolute atomic E-state index is 0.171. The molecule has 27 heavy (non-hydrogen) atoms. The lowest BCUT2D eigenvalue weighted by atomic mass is 10.1. The van der Waals surface area contributed by atoms with E-state index < -0.39 is 12.6 Å². The van der Waals surface area contributed by atoms with E-state index in [0.717, 1.165) is 5.69 Å². The molecule has 0 radical (unpaired) electrons. The highest BCUT2D eigenvalue weighted by molar-refractivity contribution is 5.99. The maximum Gasteiger partial charge on any atom is 0.344 e. The zero-order chi connectivity index (χ0) is 20.0. The summed E-state index contributed by atoms with van der Waals surface area (Å²) in [5.41, 5.74) is 1.97. The molecule has 0 N–H and O–H groups in total. The number of aryl methyl sites for hydroxylation is 2. The lowest BCUT2D eigenvalue weighted by Gasteiger charge is -2.09. The van der Waals surface area contributed by atoms with E-state index in [4.69, 9.17) is 14.0 Å². The molecule has 0 aromatic carbocycles. The maximum absolute atomic E-state index is 12.4. The molecule has 0 saturated carbocycles. The van der Waals surface area contributed by atoms with E-state index in [2.05, 4.69) is 9.89 Å². The molecule has 0 spiro atoms. The van der Waals surface area contributed by atoms with E-state index in [9.17, 15) is 14.4 Å². The van der Waals surface area contributed by atoms with Crippen LogP contribution >= 0.6 is 0 Å². The lowest BCUT2D eigenvalue weighted by Crippen LogP contribution is -2.20. The van der Waals surface area contributed by atoms with E-state index in [1.807, 2.05) is 11.5 Å². The van der Waals surface area contributed by atoms with Crippen molar-refractivity contribution >= 4 is 17.7 Å². The normalized spacial score (nSPS) is 10.5.